The van der Waals surface area contributed by atoms with Gasteiger partial charge in [0.2, 0.25) is 5.91 Å². The first kappa shape index (κ1) is 17.7. The van der Waals surface area contributed by atoms with E-state index in [0.29, 0.717) is 23.4 Å². The molecular formula is C20H20N2O4. The van der Waals surface area contributed by atoms with Crippen LogP contribution in [0, 0.1) is 0 Å². The number of aryl methyl sites for hydroxylation is 1. The van der Waals surface area contributed by atoms with Crippen molar-refractivity contribution in [1.29, 1.82) is 0 Å². The number of fused-ring (bicyclic) bond motifs is 1. The number of carbonyl (C=O) groups is 3. The molecule has 0 atom stereocenters. The zero-order chi connectivity index (χ0) is 18.7. The molecule has 2 aromatic carbocycles. The van der Waals surface area contributed by atoms with E-state index in [4.69, 9.17) is 0 Å². The van der Waals surface area contributed by atoms with Crippen LogP contribution in [0.2, 0.25) is 0 Å². The van der Waals surface area contributed by atoms with Gasteiger partial charge in [-0.25, -0.2) is 4.79 Å². The van der Waals surface area contributed by atoms with Crippen molar-refractivity contribution in [2.45, 2.75) is 19.8 Å². The van der Waals surface area contributed by atoms with Gasteiger partial charge in [-0.1, -0.05) is 6.07 Å². The van der Waals surface area contributed by atoms with Crippen LogP contribution < -0.4 is 10.2 Å². The number of rotatable bonds is 3. The summed E-state index contributed by atoms with van der Waals surface area (Å²) < 4.78 is 4.68. The Morgan fingerprint density at radius 1 is 1.08 bits per heavy atom. The van der Waals surface area contributed by atoms with Gasteiger partial charge in [0.15, 0.2) is 0 Å². The maximum absolute atomic E-state index is 12.5. The Labute approximate surface area is 151 Å². The molecule has 0 fully saturated rings. The number of hydrogen-bond donors (Lipinski definition) is 1. The van der Waals surface area contributed by atoms with Gasteiger partial charge in [-0.15, -0.1) is 0 Å². The second-order valence-electron chi connectivity index (χ2n) is 6.14. The summed E-state index contributed by atoms with van der Waals surface area (Å²) in [5.74, 6) is -0.782. The molecule has 0 saturated heterocycles. The smallest absolute Gasteiger partial charge is 0.337 e. The van der Waals surface area contributed by atoms with Gasteiger partial charge in [-0.2, -0.15) is 0 Å². The van der Waals surface area contributed by atoms with Crippen LogP contribution in [0.15, 0.2) is 42.5 Å². The van der Waals surface area contributed by atoms with Crippen LogP contribution in [-0.4, -0.2) is 31.4 Å². The molecule has 1 aliphatic heterocycles. The second-order valence-corrected chi connectivity index (χ2v) is 6.14. The Morgan fingerprint density at radius 3 is 2.58 bits per heavy atom. The topological polar surface area (TPSA) is 75.7 Å². The van der Waals surface area contributed by atoms with Crippen LogP contribution in [-0.2, 0) is 16.0 Å². The number of nitrogens with zero attached hydrogens (tertiary/aromatic N) is 1. The Balaban J connectivity index is 1.80. The lowest BCUT2D eigenvalue weighted by Crippen LogP contribution is -2.33. The zero-order valence-electron chi connectivity index (χ0n) is 14.7. The lowest BCUT2D eigenvalue weighted by atomic mass is 10.0. The van der Waals surface area contributed by atoms with Crippen molar-refractivity contribution in [3.63, 3.8) is 0 Å². The molecule has 2 aromatic rings. The Morgan fingerprint density at radius 2 is 1.85 bits per heavy atom. The number of esters is 1. The minimum Gasteiger partial charge on any atom is -0.465 e. The minimum absolute atomic E-state index is 0.0161. The third-order valence-corrected chi connectivity index (χ3v) is 4.38. The number of benzene rings is 2. The van der Waals surface area contributed by atoms with E-state index < -0.39 is 5.97 Å². The molecule has 0 bridgehead atoms. The predicted molar refractivity (Wildman–Crippen MR) is 98.5 cm³/mol. The summed E-state index contributed by atoms with van der Waals surface area (Å²) in [7, 11) is 1.30. The van der Waals surface area contributed by atoms with Gasteiger partial charge in [-0.05, 0) is 54.8 Å². The summed E-state index contributed by atoms with van der Waals surface area (Å²) >= 11 is 0. The summed E-state index contributed by atoms with van der Waals surface area (Å²) in [6.45, 7) is 2.27. The molecule has 26 heavy (non-hydrogen) atoms. The monoisotopic (exact) mass is 352 g/mol. The van der Waals surface area contributed by atoms with Gasteiger partial charge < -0.3 is 15.0 Å². The van der Waals surface area contributed by atoms with Crippen molar-refractivity contribution in [2.75, 3.05) is 23.9 Å². The fourth-order valence-electron chi connectivity index (χ4n) is 3.11. The van der Waals surface area contributed by atoms with Gasteiger partial charge in [0.1, 0.15) is 0 Å². The summed E-state index contributed by atoms with van der Waals surface area (Å²) in [5.41, 5.74) is 3.28. The summed E-state index contributed by atoms with van der Waals surface area (Å²) in [6.07, 6.45) is 1.76. The normalized spacial score (nSPS) is 12.9. The molecule has 0 unspecified atom stereocenters. The Bertz CT molecular complexity index is 876. The van der Waals surface area contributed by atoms with Crippen molar-refractivity contribution in [2.24, 2.45) is 0 Å². The average Bonchev–Trinajstić information content (AvgIpc) is 2.66. The summed E-state index contributed by atoms with van der Waals surface area (Å²) in [5, 5.41) is 2.84. The van der Waals surface area contributed by atoms with Gasteiger partial charge >= 0.3 is 5.97 Å². The number of hydrogen-bond acceptors (Lipinski definition) is 4. The zero-order valence-corrected chi connectivity index (χ0v) is 14.7. The van der Waals surface area contributed by atoms with Gasteiger partial charge in [0.05, 0.1) is 12.7 Å². The third kappa shape index (κ3) is 3.59. The molecule has 0 aliphatic carbocycles. The lowest BCUT2D eigenvalue weighted by Gasteiger charge is -2.29. The van der Waals surface area contributed by atoms with Crippen molar-refractivity contribution in [3.05, 3.63) is 59.2 Å². The SMILES string of the molecule is COC(=O)c1cccc(C(=O)Nc2ccc3c(c2)CCCN3C(C)=O)c1. The van der Waals surface area contributed by atoms with Crippen molar-refractivity contribution in [1.82, 2.24) is 0 Å². The number of amides is 2. The highest BCUT2D eigenvalue weighted by atomic mass is 16.5. The molecule has 1 N–H and O–H groups in total. The highest BCUT2D eigenvalue weighted by Crippen LogP contribution is 2.30. The molecule has 0 saturated carbocycles. The Kier molecular flexibility index (Phi) is 5.02. The standard InChI is InChI=1S/C20H20N2O4/c1-13(23)22-10-4-7-14-12-17(8-9-18(14)22)21-19(24)15-5-3-6-16(11-15)20(25)26-2/h3,5-6,8-9,11-12H,4,7,10H2,1-2H3,(H,21,24). The third-order valence-electron chi connectivity index (χ3n) is 4.38. The average molecular weight is 352 g/mol. The second kappa shape index (κ2) is 7.39. The molecule has 6 nitrogen and oxygen atoms in total. The molecule has 6 heteroatoms. The lowest BCUT2D eigenvalue weighted by molar-refractivity contribution is -0.116. The van der Waals surface area contributed by atoms with E-state index >= 15 is 0 Å². The van der Waals surface area contributed by atoms with Crippen LogP contribution in [0.3, 0.4) is 0 Å². The van der Waals surface area contributed by atoms with E-state index in [0.717, 1.165) is 24.1 Å². The van der Waals surface area contributed by atoms with Crippen molar-refractivity contribution < 1.29 is 19.1 Å². The maximum atomic E-state index is 12.5. The fourth-order valence-corrected chi connectivity index (χ4v) is 3.11. The van der Waals surface area contributed by atoms with Crippen molar-refractivity contribution >= 4 is 29.2 Å². The molecular weight excluding hydrogens is 332 g/mol. The van der Waals surface area contributed by atoms with Crippen LogP contribution in [0.25, 0.3) is 0 Å². The first-order chi connectivity index (χ1) is 12.5. The van der Waals surface area contributed by atoms with Crippen LogP contribution in [0.5, 0.6) is 0 Å². The molecule has 0 radical (unpaired) electrons. The molecule has 2 amide bonds. The van der Waals surface area contributed by atoms with Gasteiger partial charge in [-0.3, -0.25) is 9.59 Å². The van der Waals surface area contributed by atoms with Crippen LogP contribution in [0.4, 0.5) is 11.4 Å². The van der Waals surface area contributed by atoms with E-state index in [9.17, 15) is 14.4 Å². The van der Waals surface area contributed by atoms with Crippen molar-refractivity contribution in [3.8, 4) is 0 Å². The fraction of sp³-hybridized carbons (Fsp3) is 0.250. The number of carbonyl (C=O) groups excluding carboxylic acids is 3. The Hall–Kier alpha value is -3.15. The van der Waals surface area contributed by atoms with Crippen LogP contribution >= 0.6 is 0 Å². The number of methoxy groups -OCH3 is 1. The summed E-state index contributed by atoms with van der Waals surface area (Å²) in [4.78, 5) is 37.6. The quantitative estimate of drug-likeness (QED) is 0.862. The first-order valence-corrected chi connectivity index (χ1v) is 8.40. The van der Waals surface area contributed by atoms with E-state index in [1.54, 1.807) is 36.1 Å². The first-order valence-electron chi connectivity index (χ1n) is 8.40. The number of ether oxygens (including phenoxy) is 1. The molecule has 0 aromatic heterocycles. The van der Waals surface area contributed by atoms with E-state index in [2.05, 4.69) is 10.1 Å². The van der Waals surface area contributed by atoms with Gasteiger partial charge in [0, 0.05) is 30.4 Å². The molecule has 0 spiro atoms. The molecule has 1 aliphatic rings. The van der Waals surface area contributed by atoms with E-state index in [1.165, 1.54) is 13.2 Å². The largest absolute Gasteiger partial charge is 0.465 e. The van der Waals surface area contributed by atoms with E-state index in [-0.39, 0.29) is 11.8 Å². The highest BCUT2D eigenvalue weighted by Gasteiger charge is 2.20. The maximum Gasteiger partial charge on any atom is 0.337 e. The number of nitrogens with one attached hydrogen (secondary N) is 1. The van der Waals surface area contributed by atoms with E-state index in [1.807, 2.05) is 12.1 Å². The predicted octanol–water partition coefficient (Wildman–Crippen LogP) is 3.02. The summed E-state index contributed by atoms with van der Waals surface area (Å²) in [6, 6.07) is 11.9. The number of anilines is 2. The molecule has 1 heterocycles. The highest BCUT2D eigenvalue weighted by molar-refractivity contribution is 6.06. The van der Waals surface area contributed by atoms with Crippen LogP contribution in [0.1, 0.15) is 39.6 Å². The van der Waals surface area contributed by atoms with Gasteiger partial charge in [0.25, 0.3) is 5.91 Å². The molecule has 3 rings (SSSR count). The minimum atomic E-state index is -0.488. The molecule has 134 valence electrons.